The lowest BCUT2D eigenvalue weighted by Crippen LogP contribution is -2.17. The van der Waals surface area contributed by atoms with Gasteiger partial charge in [0.1, 0.15) is 6.29 Å². The van der Waals surface area contributed by atoms with Crippen LogP contribution in [0.2, 0.25) is 0 Å². The van der Waals surface area contributed by atoms with Crippen LogP contribution in [-0.2, 0) is 4.74 Å². The van der Waals surface area contributed by atoms with Crippen LogP contribution in [0.3, 0.4) is 0 Å². The van der Waals surface area contributed by atoms with Gasteiger partial charge in [0.2, 0.25) is 0 Å². The van der Waals surface area contributed by atoms with Crippen molar-refractivity contribution in [1.29, 1.82) is 0 Å². The van der Waals surface area contributed by atoms with E-state index >= 15 is 0 Å². The van der Waals surface area contributed by atoms with E-state index in [2.05, 4.69) is 24.3 Å². The van der Waals surface area contributed by atoms with Crippen LogP contribution in [-0.4, -0.2) is 12.9 Å². The Morgan fingerprint density at radius 2 is 1.50 bits per heavy atom. The summed E-state index contributed by atoms with van der Waals surface area (Å²) in [6, 6.07) is 16.1. The van der Waals surface area contributed by atoms with Crippen molar-refractivity contribution < 1.29 is 9.53 Å². The molecular weight excluding hydrogens is 224 g/mol. The Morgan fingerprint density at radius 3 is 1.94 bits per heavy atom. The molecule has 18 heavy (non-hydrogen) atoms. The minimum absolute atomic E-state index is 0.288. The van der Waals surface area contributed by atoms with Gasteiger partial charge < -0.3 is 4.74 Å². The van der Waals surface area contributed by atoms with Crippen molar-refractivity contribution in [2.75, 3.05) is 6.61 Å². The molecule has 1 atom stereocenters. The van der Waals surface area contributed by atoms with Crippen LogP contribution >= 0.6 is 0 Å². The summed E-state index contributed by atoms with van der Waals surface area (Å²) in [4.78, 5) is 10.6. The van der Waals surface area contributed by atoms with E-state index in [9.17, 15) is 4.79 Å². The Hall–Kier alpha value is -1.93. The van der Waals surface area contributed by atoms with Gasteiger partial charge in [-0.1, -0.05) is 48.5 Å². The molecule has 0 saturated carbocycles. The number of ether oxygens (including phenoxy) is 1. The molecule has 0 radical (unpaired) electrons. The summed E-state index contributed by atoms with van der Waals surface area (Å²) in [6.45, 7) is 0.875. The number of carbonyl (C=O) groups excluding carboxylic acids is 1. The van der Waals surface area contributed by atoms with Gasteiger partial charge in [-0.25, -0.2) is 0 Å². The molecule has 2 nitrogen and oxygen atoms in total. The first kappa shape index (κ1) is 11.2. The van der Waals surface area contributed by atoms with Crippen LogP contribution in [0.4, 0.5) is 0 Å². The number of carbonyl (C=O) groups is 1. The molecule has 0 aliphatic carbocycles. The van der Waals surface area contributed by atoms with E-state index in [0.717, 1.165) is 30.4 Å². The molecule has 0 N–H and O–H groups in total. The average molecular weight is 238 g/mol. The zero-order valence-electron chi connectivity index (χ0n) is 10.0. The predicted molar refractivity (Wildman–Crippen MR) is 70.6 cm³/mol. The van der Waals surface area contributed by atoms with Crippen LogP contribution in [0.1, 0.15) is 28.4 Å². The number of aldehydes is 1. The SMILES string of the molecule is O=Cc1ccc(-c2ccc(C3CCO3)cc2)cc1. The first-order chi connectivity index (χ1) is 8.86. The number of hydrogen-bond acceptors (Lipinski definition) is 2. The number of hydrogen-bond donors (Lipinski definition) is 0. The monoisotopic (exact) mass is 238 g/mol. The second kappa shape index (κ2) is 4.75. The molecule has 1 heterocycles. The van der Waals surface area contributed by atoms with E-state index in [1.54, 1.807) is 0 Å². The molecule has 3 rings (SSSR count). The molecule has 2 aromatic carbocycles. The number of rotatable bonds is 3. The van der Waals surface area contributed by atoms with Gasteiger partial charge in [0.25, 0.3) is 0 Å². The fraction of sp³-hybridized carbons (Fsp3) is 0.188. The summed E-state index contributed by atoms with van der Waals surface area (Å²) in [7, 11) is 0. The van der Waals surface area contributed by atoms with Gasteiger partial charge in [0.05, 0.1) is 12.7 Å². The molecular formula is C16H14O2. The van der Waals surface area contributed by atoms with Crippen molar-refractivity contribution in [3.8, 4) is 11.1 Å². The molecule has 0 amide bonds. The standard InChI is InChI=1S/C16H14O2/c17-11-12-1-3-13(4-2-12)14-5-7-15(8-6-14)16-9-10-18-16/h1-8,11,16H,9-10H2. The molecule has 2 aromatic rings. The summed E-state index contributed by atoms with van der Waals surface area (Å²) < 4.78 is 5.45. The second-order valence-electron chi connectivity index (χ2n) is 4.51. The van der Waals surface area contributed by atoms with Crippen LogP contribution in [0.15, 0.2) is 48.5 Å². The summed E-state index contributed by atoms with van der Waals surface area (Å²) >= 11 is 0. The Bertz CT molecular complexity index is 536. The van der Waals surface area contributed by atoms with E-state index in [1.807, 2.05) is 24.3 Å². The lowest BCUT2D eigenvalue weighted by Gasteiger charge is -2.26. The van der Waals surface area contributed by atoms with Crippen LogP contribution in [0, 0.1) is 0 Å². The van der Waals surface area contributed by atoms with Gasteiger partial charge in [-0.15, -0.1) is 0 Å². The third-order valence-corrected chi connectivity index (χ3v) is 3.36. The number of benzene rings is 2. The van der Waals surface area contributed by atoms with Crippen molar-refractivity contribution in [1.82, 2.24) is 0 Å². The lowest BCUT2D eigenvalue weighted by molar-refractivity contribution is -0.0527. The Labute approximate surface area is 106 Å². The Morgan fingerprint density at radius 1 is 0.944 bits per heavy atom. The summed E-state index contributed by atoms with van der Waals surface area (Å²) in [5.74, 6) is 0. The van der Waals surface area contributed by atoms with E-state index in [-0.39, 0.29) is 6.10 Å². The highest BCUT2D eigenvalue weighted by Gasteiger charge is 2.19. The quantitative estimate of drug-likeness (QED) is 0.763. The van der Waals surface area contributed by atoms with Gasteiger partial charge in [0, 0.05) is 12.0 Å². The Kier molecular flexibility index (Phi) is 2.95. The molecule has 0 aromatic heterocycles. The van der Waals surface area contributed by atoms with Gasteiger partial charge >= 0.3 is 0 Å². The first-order valence-corrected chi connectivity index (χ1v) is 6.14. The third kappa shape index (κ3) is 2.07. The molecule has 90 valence electrons. The average Bonchev–Trinajstić information content (AvgIpc) is 2.38. The highest BCUT2D eigenvalue weighted by atomic mass is 16.5. The Balaban J connectivity index is 1.84. The minimum Gasteiger partial charge on any atom is -0.373 e. The van der Waals surface area contributed by atoms with Gasteiger partial charge in [0.15, 0.2) is 0 Å². The largest absolute Gasteiger partial charge is 0.373 e. The fourth-order valence-corrected chi connectivity index (χ4v) is 2.14. The molecule has 0 bridgehead atoms. The highest BCUT2D eigenvalue weighted by molar-refractivity contribution is 5.76. The van der Waals surface area contributed by atoms with Gasteiger partial charge in [-0.3, -0.25) is 4.79 Å². The minimum atomic E-state index is 0.288. The normalized spacial score (nSPS) is 18.1. The van der Waals surface area contributed by atoms with Crippen molar-refractivity contribution in [3.05, 3.63) is 59.7 Å². The van der Waals surface area contributed by atoms with Crippen LogP contribution in [0.25, 0.3) is 11.1 Å². The van der Waals surface area contributed by atoms with Crippen molar-refractivity contribution >= 4 is 6.29 Å². The van der Waals surface area contributed by atoms with Crippen molar-refractivity contribution in [3.63, 3.8) is 0 Å². The molecule has 1 aliphatic heterocycles. The molecule has 1 fully saturated rings. The zero-order chi connectivity index (χ0) is 12.4. The fourth-order valence-electron chi connectivity index (χ4n) is 2.14. The van der Waals surface area contributed by atoms with Crippen LogP contribution in [0.5, 0.6) is 0 Å². The summed E-state index contributed by atoms with van der Waals surface area (Å²) in [5, 5.41) is 0. The smallest absolute Gasteiger partial charge is 0.150 e. The van der Waals surface area contributed by atoms with Gasteiger partial charge in [-0.2, -0.15) is 0 Å². The maximum atomic E-state index is 10.6. The van der Waals surface area contributed by atoms with Crippen molar-refractivity contribution in [2.45, 2.75) is 12.5 Å². The topological polar surface area (TPSA) is 26.3 Å². The van der Waals surface area contributed by atoms with Crippen molar-refractivity contribution in [2.24, 2.45) is 0 Å². The zero-order valence-corrected chi connectivity index (χ0v) is 10.0. The predicted octanol–water partition coefficient (Wildman–Crippen LogP) is 3.63. The van der Waals surface area contributed by atoms with Gasteiger partial charge in [-0.05, 0) is 16.7 Å². The molecule has 0 spiro atoms. The van der Waals surface area contributed by atoms with E-state index in [0.29, 0.717) is 5.56 Å². The second-order valence-corrected chi connectivity index (χ2v) is 4.51. The first-order valence-electron chi connectivity index (χ1n) is 6.14. The summed E-state index contributed by atoms with van der Waals surface area (Å²) in [5.41, 5.74) is 4.24. The lowest BCUT2D eigenvalue weighted by atomic mass is 9.98. The molecule has 1 aliphatic rings. The summed E-state index contributed by atoms with van der Waals surface area (Å²) in [6.07, 6.45) is 2.27. The third-order valence-electron chi connectivity index (χ3n) is 3.36. The van der Waals surface area contributed by atoms with Crippen LogP contribution < -0.4 is 0 Å². The maximum Gasteiger partial charge on any atom is 0.150 e. The molecule has 1 unspecified atom stereocenters. The maximum absolute atomic E-state index is 10.6. The van der Waals surface area contributed by atoms with E-state index < -0.39 is 0 Å². The highest BCUT2D eigenvalue weighted by Crippen LogP contribution is 2.30. The molecule has 2 heteroatoms. The van der Waals surface area contributed by atoms with E-state index in [4.69, 9.17) is 4.74 Å². The van der Waals surface area contributed by atoms with E-state index in [1.165, 1.54) is 5.56 Å². The molecule has 1 saturated heterocycles.